The number of hydrogen-bond donors (Lipinski definition) is 3. The molecule has 0 heterocycles. The molecule has 0 saturated heterocycles. The first-order chi connectivity index (χ1) is 6.99. The van der Waals surface area contributed by atoms with Gasteiger partial charge in [-0.05, 0) is 12.1 Å². The topological polar surface area (TPSA) is 98.6 Å². The van der Waals surface area contributed by atoms with Gasteiger partial charge in [-0.1, -0.05) is 15.9 Å². The summed E-state index contributed by atoms with van der Waals surface area (Å²) in [5, 5.41) is 9.65. The molecule has 0 saturated carbocycles. The highest BCUT2D eigenvalue weighted by Crippen LogP contribution is 2.35. The van der Waals surface area contributed by atoms with E-state index in [1.54, 1.807) is 6.07 Å². The number of carbonyl (C=O) groups is 1. The molecule has 5 N–H and O–H groups in total. The maximum atomic E-state index is 11.2. The fourth-order valence-electron chi connectivity index (χ4n) is 1.14. The summed E-state index contributed by atoms with van der Waals surface area (Å²) in [5.74, 6) is -0.848. The Bertz CT molecular complexity index is 401. The highest BCUT2D eigenvalue weighted by atomic mass is 79.9. The summed E-state index contributed by atoms with van der Waals surface area (Å²) < 4.78 is 4.99. The molecule has 0 unspecified atom stereocenters. The molecule has 1 atom stereocenters. The van der Waals surface area contributed by atoms with E-state index < -0.39 is 12.0 Å². The number of phenols is 1. The summed E-state index contributed by atoms with van der Waals surface area (Å²) in [6.07, 6.45) is 0. The number of carbonyl (C=O) groups excluding carboxylic acids is 1. The molecule has 1 aromatic carbocycles. The number of esters is 1. The van der Waals surface area contributed by atoms with E-state index in [-0.39, 0.29) is 29.4 Å². The number of methoxy groups -OCH3 is 1. The minimum atomic E-state index is -1.06. The van der Waals surface area contributed by atoms with Gasteiger partial charge in [0.1, 0.15) is 11.8 Å². The van der Waals surface area contributed by atoms with Gasteiger partial charge in [0.25, 0.3) is 0 Å². The molecule has 5 nitrogen and oxygen atoms in total. The Morgan fingerprint density at radius 2 is 2.12 bits per heavy atom. The van der Waals surface area contributed by atoms with E-state index in [4.69, 9.17) is 11.5 Å². The van der Waals surface area contributed by atoms with Gasteiger partial charge in [0.15, 0.2) is 0 Å². The lowest BCUT2D eigenvalue weighted by atomic mass is 10.1. The van der Waals surface area contributed by atoms with Crippen molar-refractivity contribution in [1.82, 2.24) is 0 Å². The Balaban J connectivity index is 0.00000225. The van der Waals surface area contributed by atoms with Crippen LogP contribution in [0.3, 0.4) is 0 Å². The predicted molar refractivity (Wildman–Crippen MR) is 66.4 cm³/mol. The highest BCUT2D eigenvalue weighted by Gasteiger charge is 2.23. The Labute approximate surface area is 107 Å². The van der Waals surface area contributed by atoms with Crippen LogP contribution in [-0.4, -0.2) is 18.2 Å². The van der Waals surface area contributed by atoms with Crippen LogP contribution in [0.5, 0.6) is 5.75 Å². The predicted octanol–water partition coefficient (Wildman–Crippen LogP) is 1.33. The number of hydrogen-bond acceptors (Lipinski definition) is 5. The Morgan fingerprint density at radius 1 is 1.56 bits per heavy atom. The zero-order valence-electron chi connectivity index (χ0n) is 8.44. The van der Waals surface area contributed by atoms with Crippen LogP contribution < -0.4 is 11.5 Å². The second-order valence-electron chi connectivity index (χ2n) is 2.90. The second-order valence-corrected chi connectivity index (χ2v) is 3.75. The summed E-state index contributed by atoms with van der Waals surface area (Å²) in [7, 11) is 1.22. The summed E-state index contributed by atoms with van der Waals surface area (Å²) in [6.45, 7) is 0. The zero-order chi connectivity index (χ0) is 11.6. The number of benzene rings is 1. The molecular formula is C9H12BrClN2O3. The van der Waals surface area contributed by atoms with E-state index in [0.29, 0.717) is 4.47 Å². The van der Waals surface area contributed by atoms with Gasteiger partial charge in [0.05, 0.1) is 12.8 Å². The van der Waals surface area contributed by atoms with E-state index in [1.807, 2.05) is 0 Å². The lowest BCUT2D eigenvalue weighted by Gasteiger charge is -2.14. The van der Waals surface area contributed by atoms with Gasteiger partial charge in [-0.25, -0.2) is 0 Å². The van der Waals surface area contributed by atoms with Gasteiger partial charge in [0, 0.05) is 10.0 Å². The molecule has 1 rings (SSSR count). The van der Waals surface area contributed by atoms with Crippen molar-refractivity contribution in [2.45, 2.75) is 6.04 Å². The van der Waals surface area contributed by atoms with E-state index in [1.165, 1.54) is 13.2 Å². The summed E-state index contributed by atoms with van der Waals surface area (Å²) in [5.41, 5.74) is 11.5. The molecule has 0 aromatic heterocycles. The van der Waals surface area contributed by atoms with Crippen LogP contribution >= 0.6 is 28.3 Å². The van der Waals surface area contributed by atoms with Gasteiger partial charge in [-0.15, -0.1) is 12.4 Å². The number of anilines is 1. The van der Waals surface area contributed by atoms with Gasteiger partial charge in [-0.2, -0.15) is 0 Å². The number of aromatic hydroxyl groups is 1. The lowest BCUT2D eigenvalue weighted by molar-refractivity contribution is -0.142. The van der Waals surface area contributed by atoms with Crippen molar-refractivity contribution in [3.05, 3.63) is 22.2 Å². The van der Waals surface area contributed by atoms with Crippen molar-refractivity contribution in [3.8, 4) is 5.75 Å². The first-order valence-corrected chi connectivity index (χ1v) is 4.88. The fourth-order valence-corrected chi connectivity index (χ4v) is 1.71. The van der Waals surface area contributed by atoms with Crippen molar-refractivity contribution in [2.24, 2.45) is 5.73 Å². The molecule has 0 aliphatic heterocycles. The molecular weight excluding hydrogens is 299 g/mol. The molecule has 1 aromatic rings. The molecule has 0 fully saturated rings. The standard InChI is InChI=1S/C9H11BrN2O3.ClH/c1-15-9(14)7(12)6-4(10)2-3-5(11)8(6)13;/h2-3,7,13H,11-12H2,1H3;1H/t7-;/m0./s1. The third-order valence-electron chi connectivity index (χ3n) is 1.96. The average Bonchev–Trinajstić information content (AvgIpc) is 2.22. The number of rotatable bonds is 2. The van der Waals surface area contributed by atoms with Crippen LogP contribution in [0.2, 0.25) is 0 Å². The van der Waals surface area contributed by atoms with Gasteiger partial charge in [0.2, 0.25) is 0 Å². The largest absolute Gasteiger partial charge is 0.505 e. The Kier molecular flexibility index (Phi) is 5.57. The van der Waals surface area contributed by atoms with E-state index in [0.717, 1.165) is 0 Å². The summed E-state index contributed by atoms with van der Waals surface area (Å²) in [4.78, 5) is 11.2. The van der Waals surface area contributed by atoms with Crippen molar-refractivity contribution in [3.63, 3.8) is 0 Å². The molecule has 0 spiro atoms. The Hall–Kier alpha value is -0.980. The van der Waals surface area contributed by atoms with Crippen molar-refractivity contribution >= 4 is 40.0 Å². The molecule has 0 radical (unpaired) electrons. The van der Waals surface area contributed by atoms with Gasteiger partial charge >= 0.3 is 5.97 Å². The van der Waals surface area contributed by atoms with E-state index in [9.17, 15) is 9.90 Å². The van der Waals surface area contributed by atoms with Crippen LogP contribution in [-0.2, 0) is 9.53 Å². The molecule has 0 aliphatic carbocycles. The van der Waals surface area contributed by atoms with Gasteiger partial charge < -0.3 is 21.3 Å². The third-order valence-corrected chi connectivity index (χ3v) is 2.65. The van der Waals surface area contributed by atoms with Crippen molar-refractivity contribution in [2.75, 3.05) is 12.8 Å². The van der Waals surface area contributed by atoms with Crippen molar-refractivity contribution < 1.29 is 14.6 Å². The number of nitrogens with two attached hydrogens (primary N) is 2. The van der Waals surface area contributed by atoms with Gasteiger partial charge in [-0.3, -0.25) is 4.79 Å². The molecule has 16 heavy (non-hydrogen) atoms. The summed E-state index contributed by atoms with van der Waals surface area (Å²) >= 11 is 3.18. The number of phenolic OH excluding ortho intramolecular Hbond substituents is 1. The minimum absolute atomic E-state index is 0. The molecule has 7 heteroatoms. The van der Waals surface area contributed by atoms with Crippen LogP contribution in [0.1, 0.15) is 11.6 Å². The normalized spacial score (nSPS) is 11.4. The zero-order valence-corrected chi connectivity index (χ0v) is 10.8. The molecule has 0 bridgehead atoms. The van der Waals surface area contributed by atoms with E-state index in [2.05, 4.69) is 20.7 Å². The monoisotopic (exact) mass is 310 g/mol. The molecule has 0 amide bonds. The van der Waals surface area contributed by atoms with Crippen LogP contribution in [0.15, 0.2) is 16.6 Å². The lowest BCUT2D eigenvalue weighted by Crippen LogP contribution is -2.23. The van der Waals surface area contributed by atoms with Crippen LogP contribution in [0.4, 0.5) is 5.69 Å². The third kappa shape index (κ3) is 2.78. The number of nitrogen functional groups attached to an aromatic ring is 1. The Morgan fingerprint density at radius 3 is 2.62 bits per heavy atom. The second kappa shape index (κ2) is 5.93. The number of halogens is 2. The average molecular weight is 312 g/mol. The highest BCUT2D eigenvalue weighted by molar-refractivity contribution is 9.10. The molecule has 90 valence electrons. The first kappa shape index (κ1) is 15.0. The minimum Gasteiger partial charge on any atom is -0.505 e. The number of ether oxygens (including phenoxy) is 1. The quantitative estimate of drug-likeness (QED) is 0.435. The van der Waals surface area contributed by atoms with Crippen LogP contribution in [0, 0.1) is 0 Å². The molecule has 0 aliphatic rings. The smallest absolute Gasteiger partial charge is 0.327 e. The fraction of sp³-hybridized carbons (Fsp3) is 0.222. The maximum Gasteiger partial charge on any atom is 0.327 e. The summed E-state index contributed by atoms with van der Waals surface area (Å²) in [6, 6.07) is 2.05. The maximum absolute atomic E-state index is 11.2. The van der Waals surface area contributed by atoms with Crippen LogP contribution in [0.25, 0.3) is 0 Å². The SMILES string of the molecule is COC(=O)[C@@H](N)c1c(Br)ccc(N)c1O.Cl. The van der Waals surface area contributed by atoms with E-state index >= 15 is 0 Å². The first-order valence-electron chi connectivity index (χ1n) is 4.09. The van der Waals surface area contributed by atoms with Crippen molar-refractivity contribution in [1.29, 1.82) is 0 Å².